The van der Waals surface area contributed by atoms with Gasteiger partial charge < -0.3 is 10.6 Å². The largest absolute Gasteiger partial charge is 0.370 e. The van der Waals surface area contributed by atoms with Gasteiger partial charge in [0.2, 0.25) is 0 Å². The average Bonchev–Trinajstić information content (AvgIpc) is 1.85. The second kappa shape index (κ2) is 3.11. The van der Waals surface area contributed by atoms with E-state index in [1.807, 2.05) is 4.90 Å². The van der Waals surface area contributed by atoms with Crippen LogP contribution in [-0.4, -0.2) is 23.9 Å². The van der Waals surface area contributed by atoms with Crippen molar-refractivity contribution in [3.05, 3.63) is 0 Å². The van der Waals surface area contributed by atoms with Gasteiger partial charge >= 0.3 is 0 Å². The summed E-state index contributed by atoms with van der Waals surface area (Å²) in [6, 6.07) is 0. The molecule has 64 valence electrons. The van der Waals surface area contributed by atoms with Crippen molar-refractivity contribution in [2.45, 2.75) is 20.3 Å². The zero-order valence-corrected chi connectivity index (χ0v) is 7.30. The fraction of sp³-hybridized carbons (Fsp3) is 0.875. The topological polar surface area (TPSA) is 53.1 Å². The molecule has 1 heterocycles. The fourth-order valence-corrected chi connectivity index (χ4v) is 1.86. The molecule has 3 nitrogen and oxygen atoms in total. The Hall–Kier alpha value is -0.730. The van der Waals surface area contributed by atoms with Gasteiger partial charge in [-0.15, -0.1) is 0 Å². The lowest BCUT2D eigenvalue weighted by atomic mass is 9.92. The van der Waals surface area contributed by atoms with Crippen LogP contribution in [0.15, 0.2) is 0 Å². The fourth-order valence-electron chi connectivity index (χ4n) is 1.86. The molecule has 11 heavy (non-hydrogen) atoms. The van der Waals surface area contributed by atoms with Gasteiger partial charge in [-0.2, -0.15) is 0 Å². The maximum Gasteiger partial charge on any atom is 0.188 e. The van der Waals surface area contributed by atoms with Crippen LogP contribution in [0, 0.1) is 17.2 Å². The van der Waals surface area contributed by atoms with E-state index in [1.165, 1.54) is 6.42 Å². The molecule has 1 aliphatic rings. The van der Waals surface area contributed by atoms with E-state index in [4.69, 9.17) is 11.1 Å². The summed E-state index contributed by atoms with van der Waals surface area (Å²) >= 11 is 0. The predicted octanol–water partition coefficient (Wildman–Crippen LogP) is 0.858. The van der Waals surface area contributed by atoms with Crippen molar-refractivity contribution in [3.8, 4) is 0 Å². The average molecular weight is 155 g/mol. The number of hydrogen-bond donors (Lipinski definition) is 2. The molecular formula is C8H17N3. The molecule has 0 radical (unpaired) electrons. The van der Waals surface area contributed by atoms with Crippen molar-refractivity contribution in [2.75, 3.05) is 13.1 Å². The normalized spacial score (nSPS) is 32.0. The number of guanidine groups is 1. The highest BCUT2D eigenvalue weighted by molar-refractivity contribution is 5.74. The summed E-state index contributed by atoms with van der Waals surface area (Å²) in [4.78, 5) is 1.96. The van der Waals surface area contributed by atoms with Crippen LogP contribution in [0.5, 0.6) is 0 Å². The van der Waals surface area contributed by atoms with E-state index < -0.39 is 0 Å². The van der Waals surface area contributed by atoms with Crippen molar-refractivity contribution in [1.82, 2.24) is 4.90 Å². The van der Waals surface area contributed by atoms with E-state index in [0.717, 1.165) is 13.1 Å². The van der Waals surface area contributed by atoms with E-state index in [-0.39, 0.29) is 5.96 Å². The lowest BCUT2D eigenvalue weighted by Crippen LogP contribution is -2.45. The number of likely N-dealkylation sites (tertiary alicyclic amines) is 1. The third-order valence-corrected chi connectivity index (χ3v) is 2.21. The van der Waals surface area contributed by atoms with Gasteiger partial charge in [-0.3, -0.25) is 5.41 Å². The monoisotopic (exact) mass is 155 g/mol. The van der Waals surface area contributed by atoms with Gasteiger partial charge in [0.05, 0.1) is 0 Å². The Kier molecular flexibility index (Phi) is 2.37. The maximum atomic E-state index is 7.27. The molecular weight excluding hydrogens is 138 g/mol. The van der Waals surface area contributed by atoms with Crippen molar-refractivity contribution in [1.29, 1.82) is 5.41 Å². The molecule has 0 amide bonds. The summed E-state index contributed by atoms with van der Waals surface area (Å²) in [6.07, 6.45) is 1.27. The third-order valence-electron chi connectivity index (χ3n) is 2.21. The number of rotatable bonds is 0. The van der Waals surface area contributed by atoms with E-state index in [2.05, 4.69) is 13.8 Å². The van der Waals surface area contributed by atoms with Gasteiger partial charge in [0.15, 0.2) is 5.96 Å². The van der Waals surface area contributed by atoms with Crippen LogP contribution in [0.1, 0.15) is 20.3 Å². The molecule has 0 aromatic carbocycles. The molecule has 0 bridgehead atoms. The van der Waals surface area contributed by atoms with Crippen molar-refractivity contribution >= 4 is 5.96 Å². The molecule has 1 saturated heterocycles. The minimum Gasteiger partial charge on any atom is -0.370 e. The van der Waals surface area contributed by atoms with Gasteiger partial charge in [-0.05, 0) is 18.3 Å². The number of hydrogen-bond acceptors (Lipinski definition) is 1. The maximum absolute atomic E-state index is 7.27. The highest BCUT2D eigenvalue weighted by atomic mass is 15.2. The smallest absolute Gasteiger partial charge is 0.188 e. The minimum absolute atomic E-state index is 0.225. The van der Waals surface area contributed by atoms with Crippen LogP contribution in [0.25, 0.3) is 0 Å². The molecule has 0 saturated carbocycles. The molecule has 3 heteroatoms. The standard InChI is InChI=1S/C8H17N3/c1-6-3-7(2)5-11(4-6)8(9)10/h6-7H,3-5H2,1-2H3,(H3,9,10). The number of nitrogens with one attached hydrogen (secondary N) is 1. The Labute approximate surface area is 68.1 Å². The molecule has 2 unspecified atom stereocenters. The molecule has 2 atom stereocenters. The predicted molar refractivity (Wildman–Crippen MR) is 46.4 cm³/mol. The SMILES string of the molecule is CC1CC(C)CN(C(=N)N)C1. The summed E-state index contributed by atoms with van der Waals surface area (Å²) in [5.41, 5.74) is 5.40. The van der Waals surface area contributed by atoms with Gasteiger partial charge in [-0.25, -0.2) is 0 Å². The first-order valence-electron chi connectivity index (χ1n) is 4.18. The Bertz CT molecular complexity index is 145. The second-order valence-electron chi connectivity index (χ2n) is 3.74. The van der Waals surface area contributed by atoms with Gasteiger partial charge in [0.25, 0.3) is 0 Å². The van der Waals surface area contributed by atoms with E-state index in [9.17, 15) is 0 Å². The summed E-state index contributed by atoms with van der Waals surface area (Å²) in [6.45, 7) is 6.34. The summed E-state index contributed by atoms with van der Waals surface area (Å²) in [5.74, 6) is 1.59. The first-order chi connectivity index (χ1) is 5.09. The molecule has 0 aromatic rings. The highest BCUT2D eigenvalue weighted by Gasteiger charge is 2.21. The van der Waals surface area contributed by atoms with Crippen molar-refractivity contribution in [3.63, 3.8) is 0 Å². The lowest BCUT2D eigenvalue weighted by molar-refractivity contribution is 0.211. The van der Waals surface area contributed by atoms with Crippen LogP contribution in [0.3, 0.4) is 0 Å². The van der Waals surface area contributed by atoms with Crippen LogP contribution >= 0.6 is 0 Å². The Morgan fingerprint density at radius 3 is 2.18 bits per heavy atom. The van der Waals surface area contributed by atoms with Gasteiger partial charge in [-0.1, -0.05) is 13.8 Å². The highest BCUT2D eigenvalue weighted by Crippen LogP contribution is 2.19. The molecule has 1 fully saturated rings. The Morgan fingerprint density at radius 1 is 1.36 bits per heavy atom. The number of piperidine rings is 1. The Morgan fingerprint density at radius 2 is 1.82 bits per heavy atom. The molecule has 3 N–H and O–H groups in total. The molecule has 1 aliphatic heterocycles. The molecule has 0 aliphatic carbocycles. The van der Waals surface area contributed by atoms with E-state index in [1.54, 1.807) is 0 Å². The van der Waals surface area contributed by atoms with Gasteiger partial charge in [0, 0.05) is 13.1 Å². The number of nitrogens with zero attached hydrogens (tertiary/aromatic N) is 1. The first kappa shape index (κ1) is 8.37. The van der Waals surface area contributed by atoms with E-state index in [0.29, 0.717) is 11.8 Å². The van der Waals surface area contributed by atoms with Crippen LogP contribution in [-0.2, 0) is 0 Å². The van der Waals surface area contributed by atoms with Crippen molar-refractivity contribution < 1.29 is 0 Å². The minimum atomic E-state index is 0.225. The first-order valence-corrected chi connectivity index (χ1v) is 4.18. The Balaban J connectivity index is 2.49. The summed E-state index contributed by atoms with van der Waals surface area (Å²) in [5, 5.41) is 7.27. The number of nitrogens with two attached hydrogens (primary N) is 1. The zero-order chi connectivity index (χ0) is 8.43. The quantitative estimate of drug-likeness (QED) is 0.402. The zero-order valence-electron chi connectivity index (χ0n) is 7.30. The molecule has 1 rings (SSSR count). The van der Waals surface area contributed by atoms with Crippen LogP contribution in [0.2, 0.25) is 0 Å². The lowest BCUT2D eigenvalue weighted by Gasteiger charge is -2.35. The molecule has 0 aromatic heterocycles. The van der Waals surface area contributed by atoms with Crippen LogP contribution in [0.4, 0.5) is 0 Å². The molecule has 0 spiro atoms. The summed E-state index contributed by atoms with van der Waals surface area (Å²) < 4.78 is 0. The second-order valence-corrected chi connectivity index (χ2v) is 3.74. The van der Waals surface area contributed by atoms with Crippen LogP contribution < -0.4 is 5.73 Å². The summed E-state index contributed by atoms with van der Waals surface area (Å²) in [7, 11) is 0. The van der Waals surface area contributed by atoms with E-state index >= 15 is 0 Å². The van der Waals surface area contributed by atoms with Gasteiger partial charge in [0.1, 0.15) is 0 Å². The van der Waals surface area contributed by atoms with Crippen molar-refractivity contribution in [2.24, 2.45) is 17.6 Å². The third kappa shape index (κ3) is 2.10.